The van der Waals surface area contributed by atoms with E-state index in [0.717, 1.165) is 5.56 Å². The maximum absolute atomic E-state index is 12.7. The summed E-state index contributed by atoms with van der Waals surface area (Å²) in [5.41, 5.74) is 1.56. The Balaban J connectivity index is 1.36. The number of hydrogen-bond acceptors (Lipinski definition) is 6. The van der Waals surface area contributed by atoms with Gasteiger partial charge in [0, 0.05) is 30.0 Å². The number of nitrogens with zero attached hydrogens (tertiary/aromatic N) is 3. The van der Waals surface area contributed by atoms with Gasteiger partial charge in [-0.3, -0.25) is 4.79 Å². The predicted octanol–water partition coefficient (Wildman–Crippen LogP) is 3.15. The third-order valence-corrected chi connectivity index (χ3v) is 7.23. The molecule has 1 aromatic heterocycles. The summed E-state index contributed by atoms with van der Waals surface area (Å²) in [6.07, 6.45) is 1.64. The van der Waals surface area contributed by atoms with Crippen molar-refractivity contribution in [3.8, 4) is 5.75 Å². The van der Waals surface area contributed by atoms with E-state index < -0.39 is 15.9 Å². The van der Waals surface area contributed by atoms with Gasteiger partial charge in [0.1, 0.15) is 5.75 Å². The lowest BCUT2D eigenvalue weighted by molar-refractivity contribution is 0.0730. The largest absolute Gasteiger partial charge is 0.471 e. The van der Waals surface area contributed by atoms with Crippen molar-refractivity contribution in [3.05, 3.63) is 71.0 Å². The Kier molecular flexibility index (Phi) is 6.99. The second kappa shape index (κ2) is 9.92. The van der Waals surface area contributed by atoms with Gasteiger partial charge < -0.3 is 14.8 Å². The maximum atomic E-state index is 12.7. The van der Waals surface area contributed by atoms with Gasteiger partial charge in [0.05, 0.1) is 18.1 Å². The van der Waals surface area contributed by atoms with Crippen LogP contribution in [0.4, 0.5) is 5.69 Å². The molecule has 11 heteroatoms. The molecule has 0 spiro atoms. The van der Waals surface area contributed by atoms with E-state index in [0.29, 0.717) is 42.8 Å². The van der Waals surface area contributed by atoms with Crippen molar-refractivity contribution >= 4 is 33.2 Å². The molecule has 33 heavy (non-hydrogen) atoms. The Morgan fingerprint density at radius 1 is 1.15 bits per heavy atom. The fourth-order valence-corrected chi connectivity index (χ4v) is 4.94. The fraction of sp³-hybridized carbons (Fsp3) is 0.273. The van der Waals surface area contributed by atoms with Gasteiger partial charge in [0.2, 0.25) is 10.0 Å². The van der Waals surface area contributed by atoms with E-state index in [2.05, 4.69) is 10.4 Å². The van der Waals surface area contributed by atoms with Crippen LogP contribution in [0, 0.1) is 6.92 Å². The van der Waals surface area contributed by atoms with Crippen LogP contribution in [0.15, 0.2) is 59.6 Å². The lowest BCUT2D eigenvalue weighted by Gasteiger charge is -2.26. The molecule has 1 amide bonds. The average Bonchev–Trinajstić information content (AvgIpc) is 3.29. The zero-order valence-corrected chi connectivity index (χ0v) is 19.5. The normalized spacial score (nSPS) is 14.7. The van der Waals surface area contributed by atoms with Gasteiger partial charge >= 0.3 is 0 Å². The minimum absolute atomic E-state index is 0.129. The van der Waals surface area contributed by atoms with Crippen LogP contribution in [0.3, 0.4) is 0 Å². The maximum Gasteiger partial charge on any atom is 0.276 e. The summed E-state index contributed by atoms with van der Waals surface area (Å²) in [7, 11) is -3.59. The van der Waals surface area contributed by atoms with Crippen molar-refractivity contribution < 1.29 is 22.7 Å². The number of sulfonamides is 1. The molecule has 1 aliphatic heterocycles. The smallest absolute Gasteiger partial charge is 0.276 e. The minimum atomic E-state index is -3.59. The lowest BCUT2D eigenvalue weighted by Crippen LogP contribution is -2.40. The Morgan fingerprint density at radius 2 is 1.88 bits per heavy atom. The second-order valence-corrected chi connectivity index (χ2v) is 9.79. The van der Waals surface area contributed by atoms with Crippen molar-refractivity contribution in [2.45, 2.75) is 18.6 Å². The van der Waals surface area contributed by atoms with Crippen LogP contribution in [0.25, 0.3) is 0 Å². The van der Waals surface area contributed by atoms with Crippen molar-refractivity contribution in [1.82, 2.24) is 14.1 Å². The summed E-state index contributed by atoms with van der Waals surface area (Å²) in [6, 6.07) is 12.9. The summed E-state index contributed by atoms with van der Waals surface area (Å²) >= 11 is 5.95. The number of carbonyl (C=O) groups excluding carboxylic acids is 1. The van der Waals surface area contributed by atoms with Gasteiger partial charge in [-0.05, 0) is 61.0 Å². The number of ether oxygens (including phenoxy) is 2. The predicted molar refractivity (Wildman–Crippen MR) is 123 cm³/mol. The number of nitrogens with one attached hydrogen (secondary N) is 1. The molecule has 2 aromatic carbocycles. The number of hydrogen-bond donors (Lipinski definition) is 1. The Bertz CT molecular complexity index is 1240. The quantitative estimate of drug-likeness (QED) is 0.545. The Morgan fingerprint density at radius 3 is 2.58 bits per heavy atom. The van der Waals surface area contributed by atoms with Crippen LogP contribution in [-0.2, 0) is 21.5 Å². The highest BCUT2D eigenvalue weighted by atomic mass is 35.5. The Labute approximate surface area is 196 Å². The molecule has 0 atom stereocenters. The number of benzene rings is 2. The minimum Gasteiger partial charge on any atom is -0.471 e. The van der Waals surface area contributed by atoms with E-state index >= 15 is 0 Å². The van der Waals surface area contributed by atoms with Gasteiger partial charge in [-0.1, -0.05) is 11.6 Å². The van der Waals surface area contributed by atoms with Crippen LogP contribution in [0.5, 0.6) is 5.75 Å². The summed E-state index contributed by atoms with van der Waals surface area (Å²) in [6.45, 7) is 3.43. The fourth-order valence-electron chi connectivity index (χ4n) is 3.31. The third kappa shape index (κ3) is 5.53. The van der Waals surface area contributed by atoms with Crippen LogP contribution >= 0.6 is 11.6 Å². The van der Waals surface area contributed by atoms with E-state index in [9.17, 15) is 13.2 Å². The molecule has 0 radical (unpaired) electrons. The summed E-state index contributed by atoms with van der Waals surface area (Å²) < 4.78 is 39.2. The van der Waals surface area contributed by atoms with E-state index in [1.807, 2.05) is 6.92 Å². The summed E-state index contributed by atoms with van der Waals surface area (Å²) in [5, 5.41) is 7.58. The molecule has 0 saturated carbocycles. The number of rotatable bonds is 7. The first-order valence-corrected chi connectivity index (χ1v) is 12.1. The van der Waals surface area contributed by atoms with Crippen LogP contribution in [0.2, 0.25) is 5.02 Å². The first-order chi connectivity index (χ1) is 15.8. The van der Waals surface area contributed by atoms with Crippen molar-refractivity contribution in [2.75, 3.05) is 31.6 Å². The first-order valence-electron chi connectivity index (χ1n) is 10.2. The molecule has 9 nitrogen and oxygen atoms in total. The zero-order valence-electron chi connectivity index (χ0n) is 17.9. The number of aromatic nitrogens is 2. The molecule has 1 saturated heterocycles. The van der Waals surface area contributed by atoms with Gasteiger partial charge in [-0.2, -0.15) is 9.40 Å². The van der Waals surface area contributed by atoms with E-state index in [1.54, 1.807) is 42.6 Å². The molecular formula is C22H23ClN4O5S. The molecule has 1 N–H and O–H groups in total. The molecule has 0 bridgehead atoms. The van der Waals surface area contributed by atoms with Gasteiger partial charge in [-0.15, -0.1) is 0 Å². The van der Waals surface area contributed by atoms with Crippen LogP contribution < -0.4 is 10.1 Å². The zero-order chi connectivity index (χ0) is 23.4. The first kappa shape index (κ1) is 23.2. The van der Waals surface area contributed by atoms with Gasteiger partial charge in [-0.25, -0.2) is 13.1 Å². The molecule has 3 aromatic rings. The SMILES string of the molecule is Cc1cc(Cl)ccc1OCn1ccc(C(=O)Nc2ccc(S(=O)(=O)N3CCOCC3)cc2)n1. The van der Waals surface area contributed by atoms with Crippen molar-refractivity contribution in [1.29, 1.82) is 0 Å². The molecule has 1 fully saturated rings. The average molecular weight is 491 g/mol. The monoisotopic (exact) mass is 490 g/mol. The molecule has 0 aliphatic carbocycles. The summed E-state index contributed by atoms with van der Waals surface area (Å²) in [5.74, 6) is 0.258. The number of carbonyl (C=O) groups is 1. The van der Waals surface area contributed by atoms with E-state index in [-0.39, 0.29) is 17.3 Å². The second-order valence-electron chi connectivity index (χ2n) is 7.42. The van der Waals surface area contributed by atoms with E-state index in [4.69, 9.17) is 21.1 Å². The van der Waals surface area contributed by atoms with E-state index in [1.165, 1.54) is 21.1 Å². The topological polar surface area (TPSA) is 103 Å². The lowest BCUT2D eigenvalue weighted by atomic mass is 10.2. The highest BCUT2D eigenvalue weighted by Crippen LogP contribution is 2.22. The standard InChI is InChI=1S/C22H23ClN4O5S/c1-16-14-17(23)2-7-21(16)32-15-26-9-8-20(25-26)22(28)24-18-3-5-19(6-4-18)33(29,30)27-10-12-31-13-11-27/h2-9,14H,10-13,15H2,1H3,(H,24,28). The highest BCUT2D eigenvalue weighted by molar-refractivity contribution is 7.89. The molecule has 174 valence electrons. The Hall–Kier alpha value is -2.92. The van der Waals surface area contributed by atoms with Crippen LogP contribution in [-0.4, -0.2) is 54.7 Å². The molecule has 1 aliphatic rings. The van der Waals surface area contributed by atoms with Crippen LogP contribution in [0.1, 0.15) is 16.1 Å². The molecule has 2 heterocycles. The molecular weight excluding hydrogens is 468 g/mol. The van der Waals surface area contributed by atoms with Crippen molar-refractivity contribution in [3.63, 3.8) is 0 Å². The number of anilines is 1. The number of amides is 1. The third-order valence-electron chi connectivity index (χ3n) is 5.08. The molecule has 4 rings (SSSR count). The highest BCUT2D eigenvalue weighted by Gasteiger charge is 2.26. The number of halogens is 1. The van der Waals surface area contributed by atoms with Gasteiger partial charge in [0.25, 0.3) is 5.91 Å². The molecule has 0 unspecified atom stereocenters. The van der Waals surface area contributed by atoms with Crippen molar-refractivity contribution in [2.24, 2.45) is 0 Å². The van der Waals surface area contributed by atoms with Gasteiger partial charge in [0.15, 0.2) is 12.4 Å². The summed E-state index contributed by atoms with van der Waals surface area (Å²) in [4.78, 5) is 12.7. The number of aryl methyl sites for hydroxylation is 1. The number of morpholine rings is 1.